The predicted octanol–water partition coefficient (Wildman–Crippen LogP) is 3.13. The van der Waals surface area contributed by atoms with Crippen molar-refractivity contribution >= 4 is 11.7 Å². The number of nitrogen functional groups attached to an aromatic ring is 1. The van der Waals surface area contributed by atoms with E-state index in [-0.39, 0.29) is 22.7 Å². The van der Waals surface area contributed by atoms with Crippen LogP contribution in [0.5, 0.6) is 11.5 Å². The van der Waals surface area contributed by atoms with Gasteiger partial charge in [0, 0.05) is 6.07 Å². The van der Waals surface area contributed by atoms with Crippen molar-refractivity contribution in [2.45, 2.75) is 0 Å². The van der Waals surface area contributed by atoms with Crippen LogP contribution in [0.4, 0.5) is 14.5 Å². The van der Waals surface area contributed by atoms with E-state index in [1.54, 1.807) is 0 Å². The van der Waals surface area contributed by atoms with Crippen LogP contribution in [0.2, 0.25) is 0 Å². The molecule has 0 heterocycles. The molecule has 4 nitrogen and oxygen atoms in total. The summed E-state index contributed by atoms with van der Waals surface area (Å²) in [6.45, 7) is 0. The van der Waals surface area contributed by atoms with Crippen LogP contribution in [0.1, 0.15) is 10.4 Å². The second-order valence-electron chi connectivity index (χ2n) is 3.92. The van der Waals surface area contributed by atoms with Crippen LogP contribution in [0.15, 0.2) is 36.4 Å². The highest BCUT2D eigenvalue weighted by atomic mass is 19.1. The fourth-order valence-electron chi connectivity index (χ4n) is 1.54. The van der Waals surface area contributed by atoms with E-state index < -0.39 is 17.6 Å². The molecule has 6 heteroatoms. The number of benzene rings is 2. The third-order valence-corrected chi connectivity index (χ3v) is 2.55. The molecular formula is C14H11F2NO3. The molecule has 0 aromatic heterocycles. The maximum absolute atomic E-state index is 13.5. The van der Waals surface area contributed by atoms with Crippen LogP contribution in [0, 0.1) is 11.6 Å². The molecule has 0 bridgehead atoms. The van der Waals surface area contributed by atoms with Crippen molar-refractivity contribution < 1.29 is 23.0 Å². The van der Waals surface area contributed by atoms with Crippen molar-refractivity contribution in [2.24, 2.45) is 0 Å². The number of hydrogen-bond acceptors (Lipinski definition) is 4. The number of carbonyl (C=O) groups excluding carboxylic acids is 1. The summed E-state index contributed by atoms with van der Waals surface area (Å²) in [4.78, 5) is 11.4. The molecule has 0 aliphatic carbocycles. The molecule has 2 N–H and O–H groups in total. The molecule has 0 aliphatic heterocycles. The summed E-state index contributed by atoms with van der Waals surface area (Å²) < 4.78 is 36.1. The number of nitrogens with two attached hydrogens (primary N) is 1. The number of rotatable bonds is 3. The average Bonchev–Trinajstić information content (AvgIpc) is 2.43. The van der Waals surface area contributed by atoms with Crippen molar-refractivity contribution in [3.63, 3.8) is 0 Å². The Hall–Kier alpha value is -2.63. The normalized spacial score (nSPS) is 10.2. The maximum atomic E-state index is 13.5. The number of esters is 1. The van der Waals surface area contributed by atoms with Crippen molar-refractivity contribution in [1.82, 2.24) is 0 Å². The molecule has 0 fully saturated rings. The molecule has 0 spiro atoms. The van der Waals surface area contributed by atoms with Gasteiger partial charge in [0.25, 0.3) is 0 Å². The Morgan fingerprint density at radius 3 is 2.50 bits per heavy atom. The molecule has 2 aromatic carbocycles. The van der Waals surface area contributed by atoms with E-state index in [0.29, 0.717) is 6.07 Å². The predicted molar refractivity (Wildman–Crippen MR) is 68.6 cm³/mol. The SMILES string of the molecule is COC(=O)c1ccc(N)c(Oc2ccc(F)cc2F)c1. The molecule has 2 aromatic rings. The van der Waals surface area contributed by atoms with Crippen LogP contribution < -0.4 is 10.5 Å². The van der Waals surface area contributed by atoms with Gasteiger partial charge in [0.05, 0.1) is 18.4 Å². The summed E-state index contributed by atoms with van der Waals surface area (Å²) in [6, 6.07) is 7.09. The summed E-state index contributed by atoms with van der Waals surface area (Å²) in [7, 11) is 1.23. The molecule has 0 amide bonds. The Labute approximate surface area is 113 Å². The van der Waals surface area contributed by atoms with Gasteiger partial charge in [-0.3, -0.25) is 0 Å². The lowest BCUT2D eigenvalue weighted by molar-refractivity contribution is 0.0600. The second kappa shape index (κ2) is 5.56. The Balaban J connectivity index is 2.35. The average molecular weight is 279 g/mol. The lowest BCUT2D eigenvalue weighted by Crippen LogP contribution is -2.03. The Bertz CT molecular complexity index is 659. The van der Waals surface area contributed by atoms with Gasteiger partial charge < -0.3 is 15.2 Å². The van der Waals surface area contributed by atoms with E-state index in [1.165, 1.54) is 25.3 Å². The first kappa shape index (κ1) is 13.8. The molecular weight excluding hydrogens is 268 g/mol. The zero-order valence-electron chi connectivity index (χ0n) is 10.5. The Morgan fingerprint density at radius 1 is 1.10 bits per heavy atom. The quantitative estimate of drug-likeness (QED) is 0.692. The minimum Gasteiger partial charge on any atom is -0.465 e. The highest BCUT2D eigenvalue weighted by Gasteiger charge is 2.12. The first-order valence-corrected chi connectivity index (χ1v) is 5.62. The van der Waals surface area contributed by atoms with Crippen LogP contribution in [-0.4, -0.2) is 13.1 Å². The summed E-state index contributed by atoms with van der Waals surface area (Å²) in [6.07, 6.45) is 0. The summed E-state index contributed by atoms with van der Waals surface area (Å²) >= 11 is 0. The number of ether oxygens (including phenoxy) is 2. The highest BCUT2D eigenvalue weighted by Crippen LogP contribution is 2.30. The topological polar surface area (TPSA) is 61.5 Å². The molecule has 0 atom stereocenters. The van der Waals surface area contributed by atoms with Gasteiger partial charge in [-0.05, 0) is 30.3 Å². The maximum Gasteiger partial charge on any atom is 0.337 e. The van der Waals surface area contributed by atoms with Crippen molar-refractivity contribution in [3.05, 3.63) is 53.6 Å². The fraction of sp³-hybridized carbons (Fsp3) is 0.0714. The van der Waals surface area contributed by atoms with Gasteiger partial charge in [0.1, 0.15) is 5.82 Å². The first-order valence-electron chi connectivity index (χ1n) is 5.62. The van der Waals surface area contributed by atoms with Gasteiger partial charge in [0.15, 0.2) is 17.3 Å². The van der Waals surface area contributed by atoms with Gasteiger partial charge in [-0.25, -0.2) is 13.6 Å². The van der Waals surface area contributed by atoms with Gasteiger partial charge in [-0.2, -0.15) is 0 Å². The Kier molecular flexibility index (Phi) is 3.84. The second-order valence-corrected chi connectivity index (χ2v) is 3.92. The molecule has 0 unspecified atom stereocenters. The summed E-state index contributed by atoms with van der Waals surface area (Å²) in [5.74, 6) is -2.27. The van der Waals surface area contributed by atoms with Gasteiger partial charge in [0.2, 0.25) is 0 Å². The number of methoxy groups -OCH3 is 1. The van der Waals surface area contributed by atoms with Crippen LogP contribution in [-0.2, 0) is 4.74 Å². The third-order valence-electron chi connectivity index (χ3n) is 2.55. The van der Waals surface area contributed by atoms with Crippen molar-refractivity contribution in [1.29, 1.82) is 0 Å². The largest absolute Gasteiger partial charge is 0.465 e. The summed E-state index contributed by atoms with van der Waals surface area (Å²) in [5, 5.41) is 0. The molecule has 2 rings (SSSR count). The van der Waals surface area contributed by atoms with Crippen molar-refractivity contribution in [2.75, 3.05) is 12.8 Å². The molecule has 104 valence electrons. The standard InChI is InChI=1S/C14H11F2NO3/c1-19-14(18)8-2-4-11(17)13(6-8)20-12-5-3-9(15)7-10(12)16/h2-7H,17H2,1H3. The smallest absolute Gasteiger partial charge is 0.337 e. The molecule has 0 aliphatic rings. The zero-order valence-corrected chi connectivity index (χ0v) is 10.5. The first-order chi connectivity index (χ1) is 9.51. The van der Waals surface area contributed by atoms with E-state index in [0.717, 1.165) is 12.1 Å². The number of carbonyl (C=O) groups is 1. The summed E-state index contributed by atoms with van der Waals surface area (Å²) in [5.41, 5.74) is 6.10. The van der Waals surface area contributed by atoms with Crippen LogP contribution in [0.25, 0.3) is 0 Å². The highest BCUT2D eigenvalue weighted by molar-refractivity contribution is 5.90. The fourth-order valence-corrected chi connectivity index (χ4v) is 1.54. The minimum atomic E-state index is -0.868. The van der Waals surface area contributed by atoms with Crippen LogP contribution in [0.3, 0.4) is 0 Å². The van der Waals surface area contributed by atoms with Crippen LogP contribution >= 0.6 is 0 Å². The molecule has 0 saturated carbocycles. The zero-order chi connectivity index (χ0) is 14.7. The molecule has 0 saturated heterocycles. The van der Waals surface area contributed by atoms with E-state index in [4.69, 9.17) is 10.5 Å². The monoisotopic (exact) mass is 279 g/mol. The number of hydrogen-bond donors (Lipinski definition) is 1. The number of anilines is 1. The van der Waals surface area contributed by atoms with E-state index in [1.807, 2.05) is 0 Å². The minimum absolute atomic E-state index is 0.0819. The van der Waals surface area contributed by atoms with E-state index in [2.05, 4.69) is 4.74 Å². The number of halogens is 2. The Morgan fingerprint density at radius 2 is 1.85 bits per heavy atom. The lowest BCUT2D eigenvalue weighted by atomic mass is 10.2. The lowest BCUT2D eigenvalue weighted by Gasteiger charge is -2.10. The molecule has 20 heavy (non-hydrogen) atoms. The van der Waals surface area contributed by atoms with Gasteiger partial charge in [-0.1, -0.05) is 0 Å². The van der Waals surface area contributed by atoms with Gasteiger partial charge >= 0.3 is 5.97 Å². The van der Waals surface area contributed by atoms with Crippen molar-refractivity contribution in [3.8, 4) is 11.5 Å². The third kappa shape index (κ3) is 2.85. The molecule has 0 radical (unpaired) electrons. The van der Waals surface area contributed by atoms with E-state index in [9.17, 15) is 13.6 Å². The van der Waals surface area contributed by atoms with E-state index >= 15 is 0 Å². The van der Waals surface area contributed by atoms with Gasteiger partial charge in [-0.15, -0.1) is 0 Å².